The van der Waals surface area contributed by atoms with E-state index in [1.807, 2.05) is 0 Å². The second-order valence-electron chi connectivity index (χ2n) is 4.91. The van der Waals surface area contributed by atoms with Crippen molar-refractivity contribution < 1.29 is 9.84 Å². The van der Waals surface area contributed by atoms with E-state index in [0.717, 1.165) is 31.0 Å². The van der Waals surface area contributed by atoms with Crippen LogP contribution < -0.4 is 5.73 Å². The van der Waals surface area contributed by atoms with Crippen molar-refractivity contribution in [2.75, 3.05) is 13.2 Å². The number of aliphatic hydroxyl groups is 1. The number of ether oxygens (including phenoxy) is 1. The molecular weight excluding hydrogens is 220 g/mol. The van der Waals surface area contributed by atoms with Gasteiger partial charge in [-0.1, -0.05) is 0 Å². The Balaban J connectivity index is 1.83. The standard InChI is InChI=1S/C11H18N4O2/c12-5-8-3-7(4-9(8)16)11-14-13-10-6-17-2-1-15(10)11/h7-9,16H,1-6,12H2/t7-,8+,9+/m0/s1. The van der Waals surface area contributed by atoms with Crippen molar-refractivity contribution in [3.63, 3.8) is 0 Å². The van der Waals surface area contributed by atoms with Crippen LogP contribution in [0, 0.1) is 5.92 Å². The van der Waals surface area contributed by atoms with Gasteiger partial charge in [-0.05, 0) is 25.3 Å². The van der Waals surface area contributed by atoms with Crippen LogP contribution in [0.3, 0.4) is 0 Å². The Labute approximate surface area is 99.8 Å². The zero-order chi connectivity index (χ0) is 11.8. The van der Waals surface area contributed by atoms with E-state index >= 15 is 0 Å². The summed E-state index contributed by atoms with van der Waals surface area (Å²) in [5.41, 5.74) is 5.65. The minimum atomic E-state index is -0.294. The molecule has 0 radical (unpaired) electrons. The molecule has 0 saturated heterocycles. The summed E-state index contributed by atoms with van der Waals surface area (Å²) in [4.78, 5) is 0. The largest absolute Gasteiger partial charge is 0.393 e. The minimum Gasteiger partial charge on any atom is -0.393 e. The van der Waals surface area contributed by atoms with Crippen LogP contribution in [-0.4, -0.2) is 39.1 Å². The average Bonchev–Trinajstić information content (AvgIpc) is 2.92. The maximum atomic E-state index is 9.90. The molecule has 0 spiro atoms. The van der Waals surface area contributed by atoms with E-state index in [2.05, 4.69) is 14.8 Å². The van der Waals surface area contributed by atoms with Crippen molar-refractivity contribution in [3.8, 4) is 0 Å². The fraction of sp³-hybridized carbons (Fsp3) is 0.818. The zero-order valence-corrected chi connectivity index (χ0v) is 9.75. The van der Waals surface area contributed by atoms with Gasteiger partial charge in [0, 0.05) is 12.5 Å². The molecule has 94 valence electrons. The van der Waals surface area contributed by atoms with Gasteiger partial charge in [-0.2, -0.15) is 0 Å². The number of aromatic nitrogens is 3. The Kier molecular flexibility index (Phi) is 2.85. The number of hydrogen-bond donors (Lipinski definition) is 2. The molecular formula is C11H18N4O2. The van der Waals surface area contributed by atoms with Crippen LogP contribution in [-0.2, 0) is 17.9 Å². The van der Waals surface area contributed by atoms with Gasteiger partial charge >= 0.3 is 0 Å². The van der Waals surface area contributed by atoms with E-state index < -0.39 is 0 Å². The summed E-state index contributed by atoms with van der Waals surface area (Å²) >= 11 is 0. The predicted molar refractivity (Wildman–Crippen MR) is 60.2 cm³/mol. The van der Waals surface area contributed by atoms with Gasteiger partial charge in [0.05, 0.1) is 12.7 Å². The average molecular weight is 238 g/mol. The third-order valence-corrected chi connectivity index (χ3v) is 3.87. The Bertz CT molecular complexity index is 406. The van der Waals surface area contributed by atoms with Crippen LogP contribution in [0.1, 0.15) is 30.4 Å². The van der Waals surface area contributed by atoms with Crippen LogP contribution in [0.25, 0.3) is 0 Å². The van der Waals surface area contributed by atoms with Crippen LogP contribution in [0.5, 0.6) is 0 Å². The highest BCUT2D eigenvalue weighted by Gasteiger charge is 2.36. The summed E-state index contributed by atoms with van der Waals surface area (Å²) in [5, 5.41) is 18.3. The molecule has 6 nitrogen and oxygen atoms in total. The molecule has 6 heteroatoms. The van der Waals surface area contributed by atoms with Gasteiger partial charge in [0.1, 0.15) is 12.4 Å². The highest BCUT2D eigenvalue weighted by molar-refractivity contribution is 5.07. The molecule has 3 N–H and O–H groups in total. The maximum absolute atomic E-state index is 9.90. The number of rotatable bonds is 2. The molecule has 2 heterocycles. The lowest BCUT2D eigenvalue weighted by molar-refractivity contribution is 0.0801. The molecule has 1 aliphatic carbocycles. The van der Waals surface area contributed by atoms with E-state index in [9.17, 15) is 5.11 Å². The molecule has 3 atom stereocenters. The fourth-order valence-electron chi connectivity index (χ4n) is 2.89. The molecule has 0 bridgehead atoms. The van der Waals surface area contributed by atoms with Crippen molar-refractivity contribution >= 4 is 0 Å². The topological polar surface area (TPSA) is 86.2 Å². The first kappa shape index (κ1) is 11.1. The normalized spacial score (nSPS) is 32.7. The fourth-order valence-corrected chi connectivity index (χ4v) is 2.89. The monoisotopic (exact) mass is 238 g/mol. The highest BCUT2D eigenvalue weighted by atomic mass is 16.5. The Morgan fingerprint density at radius 2 is 2.29 bits per heavy atom. The van der Waals surface area contributed by atoms with Gasteiger partial charge in [0.25, 0.3) is 0 Å². The Morgan fingerprint density at radius 1 is 1.41 bits per heavy atom. The van der Waals surface area contributed by atoms with E-state index in [1.54, 1.807) is 0 Å². The highest BCUT2D eigenvalue weighted by Crippen LogP contribution is 2.37. The number of nitrogens with zero attached hydrogens (tertiary/aromatic N) is 3. The molecule has 0 unspecified atom stereocenters. The van der Waals surface area contributed by atoms with Crippen LogP contribution in [0.4, 0.5) is 0 Å². The predicted octanol–water partition coefficient (Wildman–Crippen LogP) is -0.379. The third kappa shape index (κ3) is 1.86. The number of nitrogens with two attached hydrogens (primary N) is 1. The van der Waals surface area contributed by atoms with Gasteiger partial charge in [-0.25, -0.2) is 0 Å². The molecule has 3 rings (SSSR count). The molecule has 17 heavy (non-hydrogen) atoms. The van der Waals surface area contributed by atoms with Crippen LogP contribution >= 0.6 is 0 Å². The molecule has 1 aliphatic heterocycles. The first-order chi connectivity index (χ1) is 8.29. The zero-order valence-electron chi connectivity index (χ0n) is 9.75. The third-order valence-electron chi connectivity index (χ3n) is 3.87. The first-order valence-electron chi connectivity index (χ1n) is 6.17. The Morgan fingerprint density at radius 3 is 3.06 bits per heavy atom. The van der Waals surface area contributed by atoms with Gasteiger partial charge in [-0.3, -0.25) is 0 Å². The van der Waals surface area contributed by atoms with Gasteiger partial charge in [0.2, 0.25) is 0 Å². The molecule has 1 aromatic rings. The maximum Gasteiger partial charge on any atom is 0.159 e. The molecule has 1 aromatic heterocycles. The lowest BCUT2D eigenvalue weighted by Gasteiger charge is -2.17. The van der Waals surface area contributed by atoms with Crippen molar-refractivity contribution in [2.45, 2.75) is 38.0 Å². The molecule has 1 fully saturated rings. The molecule has 1 saturated carbocycles. The van der Waals surface area contributed by atoms with Crippen molar-refractivity contribution in [2.24, 2.45) is 11.7 Å². The lowest BCUT2D eigenvalue weighted by Crippen LogP contribution is -2.21. The second kappa shape index (κ2) is 4.36. The van der Waals surface area contributed by atoms with Gasteiger partial charge < -0.3 is 20.1 Å². The van der Waals surface area contributed by atoms with E-state index in [0.29, 0.717) is 19.8 Å². The van der Waals surface area contributed by atoms with Crippen molar-refractivity contribution in [1.29, 1.82) is 0 Å². The summed E-state index contributed by atoms with van der Waals surface area (Å²) in [7, 11) is 0. The van der Waals surface area contributed by atoms with Crippen LogP contribution in [0.15, 0.2) is 0 Å². The second-order valence-corrected chi connectivity index (χ2v) is 4.91. The van der Waals surface area contributed by atoms with Gasteiger partial charge in [-0.15, -0.1) is 10.2 Å². The van der Waals surface area contributed by atoms with E-state index in [1.165, 1.54) is 0 Å². The first-order valence-corrected chi connectivity index (χ1v) is 6.17. The summed E-state index contributed by atoms with van der Waals surface area (Å²) < 4.78 is 7.48. The van der Waals surface area contributed by atoms with Gasteiger partial charge in [0.15, 0.2) is 5.82 Å². The molecule has 0 aromatic carbocycles. The molecule has 0 amide bonds. The van der Waals surface area contributed by atoms with Crippen LogP contribution in [0.2, 0.25) is 0 Å². The quantitative estimate of drug-likeness (QED) is 0.733. The van der Waals surface area contributed by atoms with Crippen molar-refractivity contribution in [1.82, 2.24) is 14.8 Å². The summed E-state index contributed by atoms with van der Waals surface area (Å²) in [6, 6.07) is 0. The van der Waals surface area contributed by atoms with Crippen molar-refractivity contribution in [3.05, 3.63) is 11.6 Å². The minimum absolute atomic E-state index is 0.202. The Hall–Kier alpha value is -0.980. The summed E-state index contributed by atoms with van der Waals surface area (Å²) in [6.45, 7) is 2.62. The summed E-state index contributed by atoms with van der Waals surface area (Å²) in [5.74, 6) is 2.39. The molecule has 2 aliphatic rings. The number of fused-ring (bicyclic) bond motifs is 1. The number of aliphatic hydroxyl groups excluding tert-OH is 1. The SMILES string of the molecule is NC[C@H]1C[C@H](c2nnc3n2CCOC3)C[C@H]1O. The van der Waals surface area contributed by atoms with E-state index in [-0.39, 0.29) is 17.9 Å². The number of hydrogen-bond acceptors (Lipinski definition) is 5. The van der Waals surface area contributed by atoms with E-state index in [4.69, 9.17) is 10.5 Å². The smallest absolute Gasteiger partial charge is 0.159 e. The summed E-state index contributed by atoms with van der Waals surface area (Å²) in [6.07, 6.45) is 1.37. The lowest BCUT2D eigenvalue weighted by atomic mass is 10.0.